The predicted octanol–water partition coefficient (Wildman–Crippen LogP) is 2.09. The highest BCUT2D eigenvalue weighted by molar-refractivity contribution is 5.97. The third kappa shape index (κ3) is 3.43. The summed E-state index contributed by atoms with van der Waals surface area (Å²) in [5.41, 5.74) is 4.55. The Kier molecular flexibility index (Phi) is 4.72. The van der Waals surface area contributed by atoms with Gasteiger partial charge in [0.15, 0.2) is 5.78 Å². The van der Waals surface area contributed by atoms with Crippen molar-refractivity contribution >= 4 is 5.78 Å². The monoisotopic (exact) mass is 260 g/mol. The van der Waals surface area contributed by atoms with E-state index in [0.717, 1.165) is 43.9 Å². The number of aryl methyl sites for hydroxylation is 1. The Labute approximate surface area is 116 Å². The molecular formula is C16H24N2O. The fraction of sp³-hybridized carbons (Fsp3) is 0.562. The summed E-state index contributed by atoms with van der Waals surface area (Å²) in [6.07, 6.45) is 0.628. The van der Waals surface area contributed by atoms with Gasteiger partial charge in [0.25, 0.3) is 0 Å². The van der Waals surface area contributed by atoms with Crippen molar-refractivity contribution in [2.45, 2.75) is 27.2 Å². The molecule has 1 aromatic carbocycles. The number of benzene rings is 1. The molecule has 0 atom stereocenters. The molecule has 0 unspecified atom stereocenters. The highest BCUT2D eigenvalue weighted by Crippen LogP contribution is 2.18. The average Bonchev–Trinajstić information content (AvgIpc) is 2.43. The quantitative estimate of drug-likeness (QED) is 0.841. The Morgan fingerprint density at radius 3 is 2.53 bits per heavy atom. The number of rotatable bonds is 4. The maximum absolute atomic E-state index is 12.3. The topological polar surface area (TPSA) is 32.3 Å². The van der Waals surface area contributed by atoms with Crippen molar-refractivity contribution in [3.8, 4) is 0 Å². The fourth-order valence-corrected chi connectivity index (χ4v) is 2.59. The van der Waals surface area contributed by atoms with Crippen molar-refractivity contribution in [1.29, 1.82) is 0 Å². The molecular weight excluding hydrogens is 236 g/mol. The van der Waals surface area contributed by atoms with Crippen molar-refractivity contribution < 1.29 is 4.79 Å². The van der Waals surface area contributed by atoms with Gasteiger partial charge in [-0.1, -0.05) is 12.1 Å². The lowest BCUT2D eigenvalue weighted by Crippen LogP contribution is -2.44. The Balaban J connectivity index is 1.98. The lowest BCUT2D eigenvalue weighted by Gasteiger charge is -2.26. The molecule has 1 aromatic rings. The first-order valence-electron chi connectivity index (χ1n) is 7.12. The van der Waals surface area contributed by atoms with E-state index in [1.807, 2.05) is 6.07 Å². The van der Waals surface area contributed by atoms with Gasteiger partial charge in [0.1, 0.15) is 0 Å². The molecule has 3 heteroatoms. The first-order valence-corrected chi connectivity index (χ1v) is 7.12. The summed E-state index contributed by atoms with van der Waals surface area (Å²) in [7, 11) is 0. The van der Waals surface area contributed by atoms with Crippen LogP contribution in [0.5, 0.6) is 0 Å². The molecule has 1 saturated heterocycles. The van der Waals surface area contributed by atoms with E-state index in [4.69, 9.17) is 0 Å². The number of carbonyl (C=O) groups excluding carboxylic acids is 1. The number of hydrogen-bond acceptors (Lipinski definition) is 3. The number of Topliss-reactive ketones (excluding diaryl/α,β-unsaturated/α-hetero) is 1. The first kappa shape index (κ1) is 14.2. The normalized spacial score (nSPS) is 16.6. The third-order valence-corrected chi connectivity index (χ3v) is 4.22. The van der Waals surface area contributed by atoms with E-state index in [2.05, 4.69) is 37.1 Å². The summed E-state index contributed by atoms with van der Waals surface area (Å²) in [6, 6.07) is 4.04. The van der Waals surface area contributed by atoms with Gasteiger partial charge in [-0.25, -0.2) is 0 Å². The lowest BCUT2D eigenvalue weighted by atomic mass is 9.95. The molecule has 1 N–H and O–H groups in total. The van der Waals surface area contributed by atoms with Crippen LogP contribution >= 0.6 is 0 Å². The Bertz CT molecular complexity index is 462. The molecule has 1 aliphatic heterocycles. The number of carbonyl (C=O) groups is 1. The molecule has 1 heterocycles. The van der Waals surface area contributed by atoms with E-state index in [9.17, 15) is 4.79 Å². The third-order valence-electron chi connectivity index (χ3n) is 4.22. The van der Waals surface area contributed by atoms with Gasteiger partial charge in [-0.2, -0.15) is 0 Å². The fourth-order valence-electron chi connectivity index (χ4n) is 2.59. The second-order valence-corrected chi connectivity index (χ2v) is 5.44. The summed E-state index contributed by atoms with van der Waals surface area (Å²) in [5, 5.41) is 3.33. The largest absolute Gasteiger partial charge is 0.314 e. The smallest absolute Gasteiger partial charge is 0.164 e. The Hall–Kier alpha value is -1.19. The van der Waals surface area contributed by atoms with Crippen LogP contribution in [0.15, 0.2) is 12.1 Å². The van der Waals surface area contributed by atoms with Gasteiger partial charge < -0.3 is 10.2 Å². The molecule has 1 aliphatic rings. The van der Waals surface area contributed by atoms with Crippen LogP contribution in [0.3, 0.4) is 0 Å². The predicted molar refractivity (Wildman–Crippen MR) is 78.9 cm³/mol. The van der Waals surface area contributed by atoms with E-state index in [-0.39, 0.29) is 5.78 Å². The van der Waals surface area contributed by atoms with Crippen molar-refractivity contribution in [1.82, 2.24) is 10.2 Å². The number of nitrogens with one attached hydrogen (secondary N) is 1. The van der Waals surface area contributed by atoms with E-state index in [1.54, 1.807) is 0 Å². The zero-order valence-corrected chi connectivity index (χ0v) is 12.3. The van der Waals surface area contributed by atoms with Crippen LogP contribution in [0.2, 0.25) is 0 Å². The van der Waals surface area contributed by atoms with Crippen molar-refractivity contribution in [3.05, 3.63) is 34.4 Å². The van der Waals surface area contributed by atoms with E-state index >= 15 is 0 Å². The van der Waals surface area contributed by atoms with Crippen LogP contribution in [0, 0.1) is 20.8 Å². The molecule has 0 bridgehead atoms. The number of piperazine rings is 1. The number of hydrogen-bond donors (Lipinski definition) is 1. The number of ketones is 1. The minimum Gasteiger partial charge on any atom is -0.314 e. The van der Waals surface area contributed by atoms with Crippen LogP contribution in [-0.4, -0.2) is 43.4 Å². The summed E-state index contributed by atoms with van der Waals surface area (Å²) in [4.78, 5) is 14.7. The highest BCUT2D eigenvalue weighted by atomic mass is 16.1. The lowest BCUT2D eigenvalue weighted by molar-refractivity contribution is 0.0960. The second kappa shape index (κ2) is 6.31. The van der Waals surface area contributed by atoms with Gasteiger partial charge in [0.2, 0.25) is 0 Å². The molecule has 19 heavy (non-hydrogen) atoms. The Morgan fingerprint density at radius 2 is 1.84 bits per heavy atom. The van der Waals surface area contributed by atoms with Crippen LogP contribution in [0.4, 0.5) is 0 Å². The standard InChI is InChI=1S/C16H24N2O/c1-12-4-5-15(14(3)13(12)2)16(19)6-9-18-10-7-17-8-11-18/h4-5,17H,6-11H2,1-3H3. The van der Waals surface area contributed by atoms with E-state index in [0.29, 0.717) is 6.42 Å². The van der Waals surface area contributed by atoms with Gasteiger partial charge in [-0.3, -0.25) is 4.79 Å². The van der Waals surface area contributed by atoms with E-state index in [1.165, 1.54) is 11.1 Å². The summed E-state index contributed by atoms with van der Waals surface area (Å²) in [5.74, 6) is 0.277. The molecule has 0 saturated carbocycles. The molecule has 0 aromatic heterocycles. The molecule has 0 radical (unpaired) electrons. The zero-order chi connectivity index (χ0) is 13.8. The SMILES string of the molecule is Cc1ccc(C(=O)CCN2CCNCC2)c(C)c1C. The molecule has 0 aliphatic carbocycles. The molecule has 1 fully saturated rings. The van der Waals surface area contributed by atoms with Crippen LogP contribution in [0.1, 0.15) is 33.5 Å². The molecule has 3 nitrogen and oxygen atoms in total. The van der Waals surface area contributed by atoms with Crippen LogP contribution in [-0.2, 0) is 0 Å². The summed E-state index contributed by atoms with van der Waals surface area (Å²) < 4.78 is 0. The molecule has 0 spiro atoms. The van der Waals surface area contributed by atoms with Gasteiger partial charge >= 0.3 is 0 Å². The van der Waals surface area contributed by atoms with Crippen molar-refractivity contribution in [2.75, 3.05) is 32.7 Å². The van der Waals surface area contributed by atoms with Gasteiger partial charge in [0, 0.05) is 44.7 Å². The Morgan fingerprint density at radius 1 is 1.16 bits per heavy atom. The second-order valence-electron chi connectivity index (χ2n) is 5.44. The first-order chi connectivity index (χ1) is 9.09. The zero-order valence-electron chi connectivity index (χ0n) is 12.3. The molecule has 104 valence electrons. The van der Waals surface area contributed by atoms with Crippen LogP contribution < -0.4 is 5.32 Å². The number of nitrogens with zero attached hydrogens (tertiary/aromatic N) is 1. The summed E-state index contributed by atoms with van der Waals surface area (Å²) >= 11 is 0. The minimum absolute atomic E-state index is 0.277. The van der Waals surface area contributed by atoms with Crippen molar-refractivity contribution in [2.24, 2.45) is 0 Å². The van der Waals surface area contributed by atoms with Crippen molar-refractivity contribution in [3.63, 3.8) is 0 Å². The average molecular weight is 260 g/mol. The molecule has 0 amide bonds. The van der Waals surface area contributed by atoms with Gasteiger partial charge in [0.05, 0.1) is 0 Å². The minimum atomic E-state index is 0.277. The van der Waals surface area contributed by atoms with Gasteiger partial charge in [-0.15, -0.1) is 0 Å². The maximum Gasteiger partial charge on any atom is 0.164 e. The van der Waals surface area contributed by atoms with E-state index < -0.39 is 0 Å². The maximum atomic E-state index is 12.3. The van der Waals surface area contributed by atoms with Gasteiger partial charge in [-0.05, 0) is 37.5 Å². The molecule has 2 rings (SSSR count). The summed E-state index contributed by atoms with van der Waals surface area (Å²) in [6.45, 7) is 11.3. The highest BCUT2D eigenvalue weighted by Gasteiger charge is 2.14. The van der Waals surface area contributed by atoms with Crippen LogP contribution in [0.25, 0.3) is 0 Å².